The second-order valence-corrected chi connectivity index (χ2v) is 6.16. The second kappa shape index (κ2) is 6.56. The van der Waals surface area contributed by atoms with Crippen molar-refractivity contribution < 1.29 is 9.18 Å². The molecule has 0 radical (unpaired) electrons. The SMILES string of the molecule is O=C(Cc1cccc(F)c1)N1CCCCC1C1CCCN1. The minimum Gasteiger partial charge on any atom is -0.338 e. The smallest absolute Gasteiger partial charge is 0.227 e. The summed E-state index contributed by atoms with van der Waals surface area (Å²) < 4.78 is 13.2. The van der Waals surface area contributed by atoms with Crippen LogP contribution in [0.3, 0.4) is 0 Å². The monoisotopic (exact) mass is 290 g/mol. The maximum absolute atomic E-state index is 13.2. The minimum atomic E-state index is -0.270. The molecular formula is C17H23FN2O. The van der Waals surface area contributed by atoms with Crippen LogP contribution in [0.1, 0.15) is 37.7 Å². The molecule has 2 saturated heterocycles. The van der Waals surface area contributed by atoms with Crippen LogP contribution < -0.4 is 5.32 Å². The number of amides is 1. The molecule has 2 atom stereocenters. The van der Waals surface area contributed by atoms with Gasteiger partial charge in [-0.2, -0.15) is 0 Å². The van der Waals surface area contributed by atoms with Crippen molar-refractivity contribution in [3.05, 3.63) is 35.6 Å². The van der Waals surface area contributed by atoms with Crippen LogP contribution in [0.15, 0.2) is 24.3 Å². The van der Waals surface area contributed by atoms with Crippen LogP contribution in [0.25, 0.3) is 0 Å². The molecule has 4 heteroatoms. The molecule has 1 N–H and O–H groups in total. The molecule has 3 rings (SSSR count). The summed E-state index contributed by atoms with van der Waals surface area (Å²) in [6, 6.07) is 7.15. The summed E-state index contributed by atoms with van der Waals surface area (Å²) in [5, 5.41) is 3.53. The van der Waals surface area contributed by atoms with Gasteiger partial charge in [0, 0.05) is 18.6 Å². The zero-order valence-corrected chi connectivity index (χ0v) is 12.4. The fourth-order valence-corrected chi connectivity index (χ4v) is 3.65. The molecule has 2 fully saturated rings. The van der Waals surface area contributed by atoms with Gasteiger partial charge in [-0.3, -0.25) is 4.79 Å². The molecule has 2 aliphatic rings. The Morgan fingerprint density at radius 3 is 2.95 bits per heavy atom. The molecule has 0 spiro atoms. The summed E-state index contributed by atoms with van der Waals surface area (Å²) >= 11 is 0. The van der Waals surface area contributed by atoms with Gasteiger partial charge in [0.05, 0.1) is 6.42 Å². The summed E-state index contributed by atoms with van der Waals surface area (Å²) in [5.74, 6) is -0.132. The molecule has 0 bridgehead atoms. The van der Waals surface area contributed by atoms with Crippen LogP contribution in [-0.2, 0) is 11.2 Å². The van der Waals surface area contributed by atoms with E-state index in [2.05, 4.69) is 5.32 Å². The number of hydrogen-bond donors (Lipinski definition) is 1. The van der Waals surface area contributed by atoms with Gasteiger partial charge in [-0.05, 0) is 56.3 Å². The molecule has 3 nitrogen and oxygen atoms in total. The first kappa shape index (κ1) is 14.5. The Balaban J connectivity index is 1.68. The van der Waals surface area contributed by atoms with Gasteiger partial charge in [0.25, 0.3) is 0 Å². The van der Waals surface area contributed by atoms with Gasteiger partial charge in [0.15, 0.2) is 0 Å². The molecule has 0 aliphatic carbocycles. The number of nitrogens with one attached hydrogen (secondary N) is 1. The molecule has 114 valence electrons. The van der Waals surface area contributed by atoms with Crippen LogP contribution in [0.4, 0.5) is 4.39 Å². The van der Waals surface area contributed by atoms with Gasteiger partial charge in [-0.15, -0.1) is 0 Å². The molecule has 1 aromatic rings. The Morgan fingerprint density at radius 2 is 2.19 bits per heavy atom. The van der Waals surface area contributed by atoms with Gasteiger partial charge in [0.1, 0.15) is 5.82 Å². The summed E-state index contributed by atoms with van der Waals surface area (Å²) in [5.41, 5.74) is 0.767. The molecular weight excluding hydrogens is 267 g/mol. The highest BCUT2D eigenvalue weighted by molar-refractivity contribution is 5.79. The van der Waals surface area contributed by atoms with Crippen molar-refractivity contribution in [3.8, 4) is 0 Å². The van der Waals surface area contributed by atoms with Gasteiger partial charge in [-0.25, -0.2) is 4.39 Å². The first-order valence-corrected chi connectivity index (χ1v) is 8.01. The molecule has 0 saturated carbocycles. The van der Waals surface area contributed by atoms with E-state index in [1.54, 1.807) is 6.07 Å². The number of piperidine rings is 1. The van der Waals surface area contributed by atoms with Crippen molar-refractivity contribution >= 4 is 5.91 Å². The van der Waals surface area contributed by atoms with Crippen molar-refractivity contribution in [1.82, 2.24) is 10.2 Å². The second-order valence-electron chi connectivity index (χ2n) is 6.16. The number of benzene rings is 1. The van der Waals surface area contributed by atoms with Crippen molar-refractivity contribution in [2.45, 2.75) is 50.6 Å². The van der Waals surface area contributed by atoms with E-state index in [0.29, 0.717) is 18.5 Å². The lowest BCUT2D eigenvalue weighted by Gasteiger charge is -2.39. The van der Waals surface area contributed by atoms with Gasteiger partial charge >= 0.3 is 0 Å². The highest BCUT2D eigenvalue weighted by atomic mass is 19.1. The lowest BCUT2D eigenvalue weighted by molar-refractivity contribution is -0.134. The third-order valence-corrected chi connectivity index (χ3v) is 4.68. The highest BCUT2D eigenvalue weighted by Gasteiger charge is 2.33. The number of carbonyl (C=O) groups is 1. The largest absolute Gasteiger partial charge is 0.338 e. The van der Waals surface area contributed by atoms with Crippen LogP contribution in [0.5, 0.6) is 0 Å². The number of likely N-dealkylation sites (tertiary alicyclic amines) is 1. The van der Waals surface area contributed by atoms with Gasteiger partial charge in [-0.1, -0.05) is 12.1 Å². The van der Waals surface area contributed by atoms with E-state index in [-0.39, 0.29) is 11.7 Å². The Bertz CT molecular complexity index is 499. The average molecular weight is 290 g/mol. The highest BCUT2D eigenvalue weighted by Crippen LogP contribution is 2.25. The fraction of sp³-hybridized carbons (Fsp3) is 0.588. The Morgan fingerprint density at radius 1 is 1.29 bits per heavy atom. The maximum Gasteiger partial charge on any atom is 0.227 e. The minimum absolute atomic E-state index is 0.138. The average Bonchev–Trinajstić information content (AvgIpc) is 3.01. The molecule has 2 aliphatic heterocycles. The molecule has 0 aromatic heterocycles. The predicted octanol–water partition coefficient (Wildman–Crippen LogP) is 2.50. The quantitative estimate of drug-likeness (QED) is 0.927. The Labute approximate surface area is 125 Å². The number of nitrogens with zero attached hydrogens (tertiary/aromatic N) is 1. The van der Waals surface area contributed by atoms with E-state index >= 15 is 0 Å². The first-order valence-electron chi connectivity index (χ1n) is 8.01. The van der Waals surface area contributed by atoms with E-state index in [9.17, 15) is 9.18 Å². The molecule has 2 unspecified atom stereocenters. The van der Waals surface area contributed by atoms with Crippen LogP contribution in [0, 0.1) is 5.82 Å². The maximum atomic E-state index is 13.2. The summed E-state index contributed by atoms with van der Waals surface area (Å²) in [7, 11) is 0. The van der Waals surface area contributed by atoms with E-state index in [1.807, 2.05) is 11.0 Å². The topological polar surface area (TPSA) is 32.3 Å². The third-order valence-electron chi connectivity index (χ3n) is 4.68. The zero-order chi connectivity index (χ0) is 14.7. The van der Waals surface area contributed by atoms with Crippen LogP contribution in [-0.4, -0.2) is 36.0 Å². The predicted molar refractivity (Wildman–Crippen MR) is 80.5 cm³/mol. The van der Waals surface area contributed by atoms with Crippen LogP contribution in [0.2, 0.25) is 0 Å². The van der Waals surface area contributed by atoms with E-state index in [0.717, 1.165) is 37.9 Å². The third kappa shape index (κ3) is 3.43. The molecule has 1 aromatic carbocycles. The normalized spacial score (nSPS) is 26.0. The number of hydrogen-bond acceptors (Lipinski definition) is 2. The summed E-state index contributed by atoms with van der Waals surface area (Å²) in [6.07, 6.45) is 6.04. The van der Waals surface area contributed by atoms with Crippen molar-refractivity contribution in [3.63, 3.8) is 0 Å². The number of rotatable bonds is 3. The van der Waals surface area contributed by atoms with Crippen molar-refractivity contribution in [2.24, 2.45) is 0 Å². The first-order chi connectivity index (χ1) is 10.2. The summed E-state index contributed by atoms with van der Waals surface area (Å²) in [6.45, 7) is 1.91. The van der Waals surface area contributed by atoms with Crippen LogP contribution >= 0.6 is 0 Å². The standard InChI is InChI=1S/C17H23FN2O/c18-14-6-3-5-13(11-14)12-17(21)20-10-2-1-8-16(20)15-7-4-9-19-15/h3,5-6,11,15-16,19H,1-2,4,7-10,12H2. The molecule has 21 heavy (non-hydrogen) atoms. The molecule has 2 heterocycles. The number of carbonyl (C=O) groups excluding carboxylic acids is 1. The lowest BCUT2D eigenvalue weighted by Crippen LogP contribution is -2.53. The summed E-state index contributed by atoms with van der Waals surface area (Å²) in [4.78, 5) is 14.7. The van der Waals surface area contributed by atoms with Gasteiger partial charge < -0.3 is 10.2 Å². The number of halogens is 1. The van der Waals surface area contributed by atoms with Crippen molar-refractivity contribution in [2.75, 3.05) is 13.1 Å². The molecule has 1 amide bonds. The van der Waals surface area contributed by atoms with E-state index < -0.39 is 0 Å². The van der Waals surface area contributed by atoms with E-state index in [4.69, 9.17) is 0 Å². The Kier molecular flexibility index (Phi) is 4.54. The Hall–Kier alpha value is -1.42. The van der Waals surface area contributed by atoms with E-state index in [1.165, 1.54) is 25.0 Å². The van der Waals surface area contributed by atoms with Crippen molar-refractivity contribution in [1.29, 1.82) is 0 Å². The fourth-order valence-electron chi connectivity index (χ4n) is 3.65. The lowest BCUT2D eigenvalue weighted by atomic mass is 9.94. The zero-order valence-electron chi connectivity index (χ0n) is 12.4. The van der Waals surface area contributed by atoms with Gasteiger partial charge in [0.2, 0.25) is 5.91 Å².